The van der Waals surface area contributed by atoms with Crippen LogP contribution >= 0.6 is 0 Å². The molecule has 0 aromatic heterocycles. The van der Waals surface area contributed by atoms with Crippen molar-refractivity contribution in [3.05, 3.63) is 11.5 Å². The van der Waals surface area contributed by atoms with Gasteiger partial charge in [-0.25, -0.2) is 0 Å². The van der Waals surface area contributed by atoms with Crippen LogP contribution in [-0.2, 0) is 4.74 Å². The van der Waals surface area contributed by atoms with Crippen LogP contribution in [0.15, 0.2) is 6.08 Å². The molecule has 0 amide bonds. The lowest BCUT2D eigenvalue weighted by molar-refractivity contribution is 0.235. The molecule has 0 bridgehead atoms. The van der Waals surface area contributed by atoms with E-state index in [1.807, 2.05) is 5.87 Å². The molecule has 0 aliphatic rings. The van der Waals surface area contributed by atoms with Gasteiger partial charge in [-0.05, 0) is 6.08 Å². The van der Waals surface area contributed by atoms with Gasteiger partial charge in [-0.1, -0.05) is 0 Å². The fourth-order valence-corrected chi connectivity index (χ4v) is 0.121. The molecule has 0 aliphatic carbocycles. The lowest BCUT2D eigenvalue weighted by Crippen LogP contribution is -1.78. The quantitative estimate of drug-likeness (QED) is 0.446. The van der Waals surface area contributed by atoms with Crippen molar-refractivity contribution in [3.8, 4) is 0 Å². The number of nitrogens with zero attached hydrogens (tertiary/aromatic N) is 1. The Bertz CT molecular complexity index is 63.9. The molecule has 0 spiro atoms. The summed E-state index contributed by atoms with van der Waals surface area (Å²) >= 11 is 0. The molecule has 34 valence electrons. The zero-order valence-electron chi connectivity index (χ0n) is 3.64. The van der Waals surface area contributed by atoms with Crippen molar-refractivity contribution >= 4 is 5.87 Å². The molecule has 2 nitrogen and oxygen atoms in total. The lowest BCUT2D eigenvalue weighted by Gasteiger charge is -1.81. The summed E-state index contributed by atoms with van der Waals surface area (Å²) in [5.41, 5.74) is 0. The molecule has 0 aliphatic heterocycles. The molecule has 0 heterocycles. The smallest absolute Gasteiger partial charge is 0.0699 e. The van der Waals surface area contributed by atoms with Gasteiger partial charge < -0.3 is 10.1 Å². The number of hydrogen-bond acceptors (Lipinski definition) is 1. The molecule has 0 aromatic carbocycles. The second-order valence-electron chi connectivity index (χ2n) is 0.789. The van der Waals surface area contributed by atoms with E-state index in [9.17, 15) is 0 Å². The fourth-order valence-electron chi connectivity index (χ4n) is 0.121. The van der Waals surface area contributed by atoms with Crippen LogP contribution in [0.5, 0.6) is 0 Å². The van der Waals surface area contributed by atoms with E-state index in [0.29, 0.717) is 6.61 Å². The first-order valence-corrected chi connectivity index (χ1v) is 1.62. The predicted octanol–water partition coefficient (Wildman–Crippen LogP) is 0.428. The fraction of sp³-hybridized carbons (Fsp3) is 0.500. The topological polar surface area (TPSA) is 31.5 Å². The van der Waals surface area contributed by atoms with Gasteiger partial charge in [0, 0.05) is 7.11 Å². The highest BCUT2D eigenvalue weighted by atomic mass is 16.5. The van der Waals surface area contributed by atoms with E-state index in [1.54, 1.807) is 7.11 Å². The van der Waals surface area contributed by atoms with Gasteiger partial charge in [0.25, 0.3) is 0 Å². The molecule has 0 saturated heterocycles. The van der Waals surface area contributed by atoms with Gasteiger partial charge in [-0.15, -0.1) is 0 Å². The molecule has 0 saturated carbocycles. The Hall–Kier alpha value is -0.590. The van der Waals surface area contributed by atoms with Gasteiger partial charge in [0.05, 0.1) is 6.61 Å². The minimum atomic E-state index is 0.427. The van der Waals surface area contributed by atoms with E-state index >= 15 is 0 Å². The largest absolute Gasteiger partial charge is 0.764 e. The predicted molar refractivity (Wildman–Crippen MR) is 24.8 cm³/mol. The van der Waals surface area contributed by atoms with Gasteiger partial charge in [0.15, 0.2) is 0 Å². The Labute approximate surface area is 36.9 Å². The number of ether oxygens (including phenoxy) is 1. The normalized spacial score (nSPS) is 6.83. The summed E-state index contributed by atoms with van der Waals surface area (Å²) in [6.07, 6.45) is 1.39. The summed E-state index contributed by atoms with van der Waals surface area (Å²) < 4.78 is 4.50. The van der Waals surface area contributed by atoms with Gasteiger partial charge in [-0.2, -0.15) is 0 Å². The summed E-state index contributed by atoms with van der Waals surface area (Å²) in [4.78, 5) is 0. The van der Waals surface area contributed by atoms with Gasteiger partial charge in [0.1, 0.15) is 0 Å². The van der Waals surface area contributed by atoms with E-state index in [-0.39, 0.29) is 0 Å². The van der Waals surface area contributed by atoms with Crippen LogP contribution in [0.4, 0.5) is 0 Å². The first kappa shape index (κ1) is 5.41. The molecular formula is C4H6NO-. The van der Waals surface area contributed by atoms with Crippen molar-refractivity contribution in [3.63, 3.8) is 0 Å². The van der Waals surface area contributed by atoms with Crippen molar-refractivity contribution < 1.29 is 4.74 Å². The summed E-state index contributed by atoms with van der Waals surface area (Å²) in [7, 11) is 1.55. The van der Waals surface area contributed by atoms with Crippen molar-refractivity contribution in [2.24, 2.45) is 0 Å². The standard InChI is InChI=1S/C4H6NO/c1-6-4-2-3-5/h2H,4H2,1H3/q-1. The molecule has 0 rings (SSSR count). The van der Waals surface area contributed by atoms with Crippen molar-refractivity contribution in [1.82, 2.24) is 0 Å². The molecule has 0 radical (unpaired) electrons. The van der Waals surface area contributed by atoms with Crippen LogP contribution in [0.3, 0.4) is 0 Å². The third-order valence-corrected chi connectivity index (χ3v) is 0.341. The average molecular weight is 84.1 g/mol. The van der Waals surface area contributed by atoms with Crippen LogP contribution in [0, 0.1) is 0 Å². The van der Waals surface area contributed by atoms with Crippen molar-refractivity contribution in [1.29, 1.82) is 0 Å². The maximum absolute atomic E-state index is 7.81. The SMILES string of the molecule is COCC=C=[N-]. The van der Waals surface area contributed by atoms with E-state index in [1.165, 1.54) is 6.08 Å². The first-order chi connectivity index (χ1) is 2.91. The van der Waals surface area contributed by atoms with Crippen LogP contribution in [0.25, 0.3) is 5.41 Å². The number of rotatable bonds is 2. The van der Waals surface area contributed by atoms with Crippen LogP contribution in [0.2, 0.25) is 0 Å². The molecule has 0 unspecified atom stereocenters. The highest BCUT2D eigenvalue weighted by molar-refractivity contribution is 5.54. The Balaban J connectivity index is 2.86. The minimum Gasteiger partial charge on any atom is -0.764 e. The van der Waals surface area contributed by atoms with E-state index in [2.05, 4.69) is 4.74 Å². The minimum absolute atomic E-state index is 0.427. The third kappa shape index (κ3) is 3.41. The molecule has 0 aromatic rings. The Morgan fingerprint density at radius 2 is 2.67 bits per heavy atom. The summed E-state index contributed by atoms with van der Waals surface area (Å²) in [5, 5.41) is 7.81. The zero-order valence-corrected chi connectivity index (χ0v) is 3.64. The van der Waals surface area contributed by atoms with Crippen LogP contribution in [-0.4, -0.2) is 19.6 Å². The van der Waals surface area contributed by atoms with Crippen molar-refractivity contribution in [2.45, 2.75) is 0 Å². The lowest BCUT2D eigenvalue weighted by atomic mass is 10.7. The van der Waals surface area contributed by atoms with Crippen LogP contribution in [0.1, 0.15) is 0 Å². The maximum atomic E-state index is 7.81. The molecular weight excluding hydrogens is 78.0 g/mol. The van der Waals surface area contributed by atoms with Gasteiger partial charge in [0.2, 0.25) is 0 Å². The zero-order chi connectivity index (χ0) is 4.83. The van der Waals surface area contributed by atoms with Gasteiger partial charge >= 0.3 is 0 Å². The highest BCUT2D eigenvalue weighted by Gasteiger charge is 1.59. The average Bonchev–Trinajstić information content (AvgIpc) is 1.61. The summed E-state index contributed by atoms with van der Waals surface area (Å²) in [6, 6.07) is 0. The second kappa shape index (κ2) is 4.41. The molecule has 2 heteroatoms. The monoisotopic (exact) mass is 84.0 g/mol. The summed E-state index contributed by atoms with van der Waals surface area (Å²) in [6.45, 7) is 0.427. The van der Waals surface area contributed by atoms with Crippen LogP contribution < -0.4 is 0 Å². The summed E-state index contributed by atoms with van der Waals surface area (Å²) in [5.74, 6) is 1.82. The van der Waals surface area contributed by atoms with Crippen molar-refractivity contribution in [2.75, 3.05) is 13.7 Å². The molecule has 0 N–H and O–H groups in total. The molecule has 0 fully saturated rings. The van der Waals surface area contributed by atoms with E-state index in [4.69, 9.17) is 5.41 Å². The highest BCUT2D eigenvalue weighted by Crippen LogP contribution is 1.60. The second-order valence-corrected chi connectivity index (χ2v) is 0.789. The Morgan fingerprint density at radius 3 is 2.83 bits per heavy atom. The number of methoxy groups -OCH3 is 1. The van der Waals surface area contributed by atoms with Gasteiger partial charge in [-0.3, -0.25) is 5.87 Å². The van der Waals surface area contributed by atoms with E-state index < -0.39 is 0 Å². The maximum Gasteiger partial charge on any atom is 0.0699 e. The Morgan fingerprint density at radius 1 is 2.00 bits per heavy atom. The molecule has 6 heavy (non-hydrogen) atoms. The van der Waals surface area contributed by atoms with E-state index in [0.717, 1.165) is 0 Å². The number of hydrogen-bond donors (Lipinski definition) is 0. The first-order valence-electron chi connectivity index (χ1n) is 1.62. The Kier molecular flexibility index (Phi) is 3.98. The molecule has 0 atom stereocenters. The third-order valence-electron chi connectivity index (χ3n) is 0.341.